The van der Waals surface area contributed by atoms with Crippen molar-refractivity contribution in [1.29, 1.82) is 0 Å². The van der Waals surface area contributed by atoms with E-state index in [9.17, 15) is 9.59 Å². The molecule has 0 aliphatic carbocycles. The molecule has 6 nitrogen and oxygen atoms in total. The van der Waals surface area contributed by atoms with Crippen LogP contribution in [0.4, 0.5) is 0 Å². The van der Waals surface area contributed by atoms with Gasteiger partial charge in [-0.1, -0.05) is 54.2 Å². The zero-order valence-electron chi connectivity index (χ0n) is 13.7. The number of carbonyl (C=O) groups excluding carboxylic acids is 2. The van der Waals surface area contributed by atoms with Crippen LogP contribution < -0.4 is 0 Å². The molecule has 0 radical (unpaired) electrons. The van der Waals surface area contributed by atoms with Crippen molar-refractivity contribution in [2.75, 3.05) is 12.3 Å². The molecule has 2 amide bonds. The van der Waals surface area contributed by atoms with Crippen LogP contribution in [0.2, 0.25) is 0 Å². The summed E-state index contributed by atoms with van der Waals surface area (Å²) in [7, 11) is 0. The highest BCUT2D eigenvalue weighted by atomic mass is 32.2. The molecule has 7 heteroatoms. The fraction of sp³-hybridized carbons (Fsp3) is 0.105. The summed E-state index contributed by atoms with van der Waals surface area (Å²) in [4.78, 5) is 30.2. The van der Waals surface area contributed by atoms with E-state index in [1.165, 1.54) is 16.7 Å². The van der Waals surface area contributed by atoms with Crippen LogP contribution in [-0.4, -0.2) is 44.2 Å². The van der Waals surface area contributed by atoms with E-state index < -0.39 is 0 Å². The van der Waals surface area contributed by atoms with Crippen molar-refractivity contribution in [2.45, 2.75) is 5.16 Å². The molecule has 1 aromatic heterocycles. The van der Waals surface area contributed by atoms with Crippen molar-refractivity contribution >= 4 is 23.6 Å². The zero-order chi connectivity index (χ0) is 17.9. The lowest BCUT2D eigenvalue weighted by Gasteiger charge is -2.12. The number of thioether (sulfide) groups is 1. The van der Waals surface area contributed by atoms with E-state index in [0.29, 0.717) is 34.3 Å². The fourth-order valence-corrected chi connectivity index (χ4v) is 3.42. The largest absolute Gasteiger partial charge is 0.273 e. The molecule has 0 fully saturated rings. The number of carbonyl (C=O) groups is 2. The summed E-state index contributed by atoms with van der Waals surface area (Å²) in [6.45, 7) is 0.306. The standard InChI is InChI=1S/C19H14N4O2S/c24-17-14-8-4-5-9-15(14)18(25)23(17)10-11-26-19-20-12-16(21-22-19)13-6-2-1-3-7-13/h1-9,12H,10-11H2. The van der Waals surface area contributed by atoms with Crippen molar-refractivity contribution in [3.63, 3.8) is 0 Å². The second-order valence-corrected chi connectivity index (χ2v) is 6.71. The summed E-state index contributed by atoms with van der Waals surface area (Å²) in [6, 6.07) is 16.6. The number of hydrogen-bond donors (Lipinski definition) is 0. The van der Waals surface area contributed by atoms with Crippen molar-refractivity contribution < 1.29 is 9.59 Å². The average Bonchev–Trinajstić information content (AvgIpc) is 2.94. The Hall–Kier alpha value is -3.06. The maximum atomic E-state index is 12.3. The average molecular weight is 362 g/mol. The van der Waals surface area contributed by atoms with Gasteiger partial charge in [0.1, 0.15) is 5.69 Å². The highest BCUT2D eigenvalue weighted by Gasteiger charge is 2.34. The first-order valence-electron chi connectivity index (χ1n) is 8.07. The lowest BCUT2D eigenvalue weighted by atomic mass is 10.1. The SMILES string of the molecule is O=C1c2ccccc2C(=O)N1CCSc1ncc(-c2ccccc2)nn1. The number of imide groups is 1. The predicted molar refractivity (Wildman–Crippen MR) is 97.8 cm³/mol. The minimum absolute atomic E-state index is 0.246. The first-order chi connectivity index (χ1) is 12.7. The first-order valence-corrected chi connectivity index (χ1v) is 9.06. The molecule has 1 aliphatic rings. The van der Waals surface area contributed by atoms with Gasteiger partial charge in [-0.05, 0) is 12.1 Å². The van der Waals surface area contributed by atoms with E-state index in [1.54, 1.807) is 30.5 Å². The molecule has 2 heterocycles. The van der Waals surface area contributed by atoms with E-state index >= 15 is 0 Å². The zero-order valence-corrected chi connectivity index (χ0v) is 14.5. The van der Waals surface area contributed by atoms with Gasteiger partial charge in [-0.25, -0.2) is 4.98 Å². The van der Waals surface area contributed by atoms with Crippen molar-refractivity contribution in [1.82, 2.24) is 20.1 Å². The van der Waals surface area contributed by atoms with Crippen LogP contribution >= 0.6 is 11.8 Å². The third kappa shape index (κ3) is 3.09. The van der Waals surface area contributed by atoms with E-state index in [4.69, 9.17) is 0 Å². The van der Waals surface area contributed by atoms with Gasteiger partial charge in [-0.2, -0.15) is 0 Å². The maximum absolute atomic E-state index is 12.3. The number of benzene rings is 2. The third-order valence-corrected chi connectivity index (χ3v) is 4.87. The Kier molecular flexibility index (Phi) is 4.45. The van der Waals surface area contributed by atoms with Gasteiger partial charge in [0.2, 0.25) is 5.16 Å². The van der Waals surface area contributed by atoms with E-state index in [2.05, 4.69) is 15.2 Å². The Morgan fingerprint density at radius 1 is 0.846 bits per heavy atom. The van der Waals surface area contributed by atoms with Crippen LogP contribution in [0.15, 0.2) is 66.0 Å². The molecule has 0 spiro atoms. The molecule has 4 rings (SSSR count). The van der Waals surface area contributed by atoms with Crippen molar-refractivity contribution in [2.24, 2.45) is 0 Å². The molecule has 0 saturated carbocycles. The molecule has 26 heavy (non-hydrogen) atoms. The van der Waals surface area contributed by atoms with Gasteiger partial charge in [0, 0.05) is 17.9 Å². The molecule has 0 unspecified atom stereocenters. The van der Waals surface area contributed by atoms with Crippen LogP contribution in [0.5, 0.6) is 0 Å². The fourth-order valence-electron chi connectivity index (χ4n) is 2.74. The highest BCUT2D eigenvalue weighted by Crippen LogP contribution is 2.23. The maximum Gasteiger partial charge on any atom is 0.261 e. The van der Waals surface area contributed by atoms with Gasteiger partial charge in [-0.15, -0.1) is 10.2 Å². The minimum atomic E-state index is -0.246. The van der Waals surface area contributed by atoms with Crippen LogP contribution in [0.3, 0.4) is 0 Å². The molecule has 0 atom stereocenters. The lowest BCUT2D eigenvalue weighted by Crippen LogP contribution is -2.31. The van der Waals surface area contributed by atoms with E-state index in [-0.39, 0.29) is 11.8 Å². The topological polar surface area (TPSA) is 76.1 Å². The van der Waals surface area contributed by atoms with Gasteiger partial charge in [0.25, 0.3) is 11.8 Å². The minimum Gasteiger partial charge on any atom is -0.273 e. The number of rotatable bonds is 5. The second-order valence-electron chi connectivity index (χ2n) is 5.65. The number of nitrogens with zero attached hydrogens (tertiary/aromatic N) is 4. The number of aromatic nitrogens is 3. The summed E-state index contributed by atoms with van der Waals surface area (Å²) >= 11 is 1.36. The number of hydrogen-bond acceptors (Lipinski definition) is 6. The molecule has 1 aliphatic heterocycles. The van der Waals surface area contributed by atoms with Crippen LogP contribution in [0.1, 0.15) is 20.7 Å². The predicted octanol–water partition coefficient (Wildman–Crippen LogP) is 2.93. The molecule has 0 bridgehead atoms. The Morgan fingerprint density at radius 2 is 1.50 bits per heavy atom. The van der Waals surface area contributed by atoms with Crippen molar-refractivity contribution in [3.8, 4) is 11.3 Å². The number of fused-ring (bicyclic) bond motifs is 1. The molecular weight excluding hydrogens is 348 g/mol. The lowest BCUT2D eigenvalue weighted by molar-refractivity contribution is 0.0664. The summed E-state index contributed by atoms with van der Waals surface area (Å²) in [5, 5.41) is 8.81. The Morgan fingerprint density at radius 3 is 2.12 bits per heavy atom. The van der Waals surface area contributed by atoms with E-state index in [0.717, 1.165) is 5.56 Å². The smallest absolute Gasteiger partial charge is 0.261 e. The second kappa shape index (κ2) is 7.05. The van der Waals surface area contributed by atoms with Gasteiger partial charge in [-0.3, -0.25) is 14.5 Å². The third-order valence-electron chi connectivity index (χ3n) is 4.03. The summed E-state index contributed by atoms with van der Waals surface area (Å²) in [5.41, 5.74) is 2.59. The van der Waals surface area contributed by atoms with Crippen LogP contribution in [0.25, 0.3) is 11.3 Å². The van der Waals surface area contributed by atoms with Crippen molar-refractivity contribution in [3.05, 3.63) is 71.9 Å². The summed E-state index contributed by atoms with van der Waals surface area (Å²) in [6.07, 6.45) is 1.67. The highest BCUT2D eigenvalue weighted by molar-refractivity contribution is 7.99. The molecule has 2 aromatic carbocycles. The van der Waals surface area contributed by atoms with E-state index in [1.807, 2.05) is 30.3 Å². The van der Waals surface area contributed by atoms with Gasteiger partial charge in [0.15, 0.2) is 0 Å². The van der Waals surface area contributed by atoms with Crippen LogP contribution in [-0.2, 0) is 0 Å². The van der Waals surface area contributed by atoms with Crippen LogP contribution in [0, 0.1) is 0 Å². The molecule has 0 saturated heterocycles. The number of amides is 2. The quantitative estimate of drug-likeness (QED) is 0.513. The molecule has 0 N–H and O–H groups in total. The monoisotopic (exact) mass is 362 g/mol. The Balaban J connectivity index is 1.37. The summed E-state index contributed by atoms with van der Waals surface area (Å²) < 4.78 is 0. The van der Waals surface area contributed by atoms with Gasteiger partial charge >= 0.3 is 0 Å². The Labute approximate surface area is 154 Å². The Bertz CT molecular complexity index is 926. The molecule has 128 valence electrons. The normalized spacial score (nSPS) is 13.2. The summed E-state index contributed by atoms with van der Waals surface area (Å²) in [5.74, 6) is 0.0204. The molecular formula is C19H14N4O2S. The van der Waals surface area contributed by atoms with Gasteiger partial charge in [0.05, 0.1) is 17.3 Å². The van der Waals surface area contributed by atoms with Gasteiger partial charge < -0.3 is 0 Å². The molecule has 3 aromatic rings. The first kappa shape index (κ1) is 16.4.